The minimum Gasteiger partial charge on any atom is -0.508 e. The van der Waals surface area contributed by atoms with Crippen LogP contribution in [-0.4, -0.2) is 23.7 Å². The number of rotatable bonds is 9. The van der Waals surface area contributed by atoms with Crippen molar-refractivity contribution in [2.45, 2.75) is 12.8 Å². The Bertz CT molecular complexity index is 1070. The lowest BCUT2D eigenvalue weighted by atomic mass is 10.1. The normalized spacial score (nSPS) is 11.0. The van der Waals surface area contributed by atoms with Gasteiger partial charge in [-0.1, -0.05) is 54.6 Å². The summed E-state index contributed by atoms with van der Waals surface area (Å²) < 4.78 is 10.5. The lowest BCUT2D eigenvalue weighted by molar-refractivity contribution is -0.137. The van der Waals surface area contributed by atoms with Crippen LogP contribution in [0.15, 0.2) is 91.0 Å². The number of hydrogen-bond donors (Lipinski definition) is 1. The molecule has 0 amide bonds. The second-order valence-electron chi connectivity index (χ2n) is 7.00. The summed E-state index contributed by atoms with van der Waals surface area (Å²) in [5, 5.41) is 9.26. The van der Waals surface area contributed by atoms with Gasteiger partial charge in [-0.05, 0) is 65.9 Å². The molecular formula is C27H24O5. The molecule has 0 bridgehead atoms. The van der Waals surface area contributed by atoms with Crippen LogP contribution in [0, 0.1) is 0 Å². The molecule has 0 unspecified atom stereocenters. The lowest BCUT2D eigenvalue weighted by Gasteiger charge is -2.03. The number of esters is 2. The zero-order valence-electron chi connectivity index (χ0n) is 17.5. The van der Waals surface area contributed by atoms with E-state index in [9.17, 15) is 14.7 Å². The summed E-state index contributed by atoms with van der Waals surface area (Å²) >= 11 is 0. The molecule has 162 valence electrons. The van der Waals surface area contributed by atoms with E-state index >= 15 is 0 Å². The molecule has 0 saturated carbocycles. The molecule has 0 spiro atoms. The predicted octanol–water partition coefficient (Wildman–Crippen LogP) is 5.20. The van der Waals surface area contributed by atoms with Gasteiger partial charge in [0.15, 0.2) is 0 Å². The third kappa shape index (κ3) is 7.95. The van der Waals surface area contributed by atoms with E-state index < -0.39 is 11.9 Å². The molecule has 3 aromatic rings. The first kappa shape index (κ1) is 22.6. The molecule has 0 heterocycles. The van der Waals surface area contributed by atoms with Gasteiger partial charge in [-0.15, -0.1) is 0 Å². The van der Waals surface area contributed by atoms with Crippen LogP contribution < -0.4 is 4.74 Å². The number of phenolic OH excluding ortho intramolecular Hbond substituents is 1. The number of aromatic hydroxyl groups is 1. The molecule has 1 N–H and O–H groups in total. The Morgan fingerprint density at radius 2 is 1.34 bits per heavy atom. The first-order valence-corrected chi connectivity index (χ1v) is 10.3. The number of benzene rings is 3. The molecule has 0 aliphatic rings. The van der Waals surface area contributed by atoms with Crippen LogP contribution in [0.25, 0.3) is 12.2 Å². The highest BCUT2D eigenvalue weighted by atomic mass is 16.5. The molecule has 3 rings (SSSR count). The Kier molecular flexibility index (Phi) is 8.40. The fourth-order valence-electron chi connectivity index (χ4n) is 2.85. The molecule has 0 atom stereocenters. The minimum atomic E-state index is -0.513. The lowest BCUT2D eigenvalue weighted by Crippen LogP contribution is -2.03. The summed E-state index contributed by atoms with van der Waals surface area (Å²) in [7, 11) is 0. The van der Waals surface area contributed by atoms with Gasteiger partial charge in [0.05, 0.1) is 6.61 Å². The summed E-state index contributed by atoms with van der Waals surface area (Å²) in [5.41, 5.74) is 2.77. The highest BCUT2D eigenvalue weighted by molar-refractivity contribution is 5.89. The van der Waals surface area contributed by atoms with Crippen LogP contribution in [-0.2, 0) is 20.7 Å². The summed E-state index contributed by atoms with van der Waals surface area (Å²) in [6, 6.07) is 23.3. The van der Waals surface area contributed by atoms with Crippen molar-refractivity contribution < 1.29 is 24.2 Å². The van der Waals surface area contributed by atoms with Crippen molar-refractivity contribution in [3.8, 4) is 11.5 Å². The largest absolute Gasteiger partial charge is 0.508 e. The molecule has 0 aromatic heterocycles. The number of ether oxygens (including phenoxy) is 2. The van der Waals surface area contributed by atoms with Gasteiger partial charge in [-0.2, -0.15) is 0 Å². The fourth-order valence-corrected chi connectivity index (χ4v) is 2.85. The van der Waals surface area contributed by atoms with E-state index in [4.69, 9.17) is 9.47 Å². The van der Waals surface area contributed by atoms with Crippen LogP contribution in [0.2, 0.25) is 0 Å². The van der Waals surface area contributed by atoms with Crippen LogP contribution in [0.3, 0.4) is 0 Å². The Morgan fingerprint density at radius 3 is 2.00 bits per heavy atom. The van der Waals surface area contributed by atoms with Gasteiger partial charge < -0.3 is 14.6 Å². The number of aryl methyl sites for hydroxylation is 1. The van der Waals surface area contributed by atoms with Gasteiger partial charge in [-0.25, -0.2) is 9.59 Å². The average molecular weight is 428 g/mol. The number of phenols is 1. The standard InChI is InChI=1S/C27H24O5/c28-24-14-8-22(9-15-24)13-19-27(30)32-25-16-10-23(11-17-25)12-18-26(29)31-20-4-7-21-5-2-1-3-6-21/h1-3,5-6,8-19,28H,4,7,20H2/b18-12+,19-13+. The summed E-state index contributed by atoms with van der Waals surface area (Å²) in [6.07, 6.45) is 7.57. The second kappa shape index (κ2) is 11.9. The number of carbonyl (C=O) groups excluding carboxylic acids is 2. The molecule has 0 aliphatic heterocycles. The Hall–Kier alpha value is -4.12. The van der Waals surface area contributed by atoms with Crippen molar-refractivity contribution >= 4 is 24.1 Å². The fraction of sp³-hybridized carbons (Fsp3) is 0.111. The molecule has 0 aliphatic carbocycles. The van der Waals surface area contributed by atoms with E-state index in [1.54, 1.807) is 48.6 Å². The second-order valence-corrected chi connectivity index (χ2v) is 7.00. The van der Waals surface area contributed by atoms with Gasteiger partial charge in [-0.3, -0.25) is 0 Å². The molecular weight excluding hydrogens is 404 g/mol. The Morgan fingerprint density at radius 1 is 0.750 bits per heavy atom. The van der Waals surface area contributed by atoms with E-state index in [1.807, 2.05) is 18.2 Å². The van der Waals surface area contributed by atoms with E-state index in [2.05, 4.69) is 12.1 Å². The summed E-state index contributed by atoms with van der Waals surface area (Å²) in [6.45, 7) is 0.366. The summed E-state index contributed by atoms with van der Waals surface area (Å²) in [5.74, 6) is -0.352. The molecule has 0 saturated heterocycles. The van der Waals surface area contributed by atoms with Crippen molar-refractivity contribution in [1.82, 2.24) is 0 Å². The maximum Gasteiger partial charge on any atom is 0.336 e. The number of carbonyl (C=O) groups is 2. The maximum atomic E-state index is 11.9. The SMILES string of the molecule is O=C(/C=C/c1ccc(OC(=O)/C=C/c2ccc(O)cc2)cc1)OCCCc1ccccc1. The molecule has 5 heteroatoms. The zero-order chi connectivity index (χ0) is 22.6. The van der Waals surface area contributed by atoms with E-state index in [-0.39, 0.29) is 5.75 Å². The third-order valence-electron chi connectivity index (χ3n) is 4.51. The van der Waals surface area contributed by atoms with E-state index in [0.29, 0.717) is 12.4 Å². The average Bonchev–Trinajstić information content (AvgIpc) is 2.82. The molecule has 5 nitrogen and oxygen atoms in total. The zero-order valence-corrected chi connectivity index (χ0v) is 17.5. The molecule has 32 heavy (non-hydrogen) atoms. The highest BCUT2D eigenvalue weighted by Crippen LogP contribution is 2.15. The predicted molar refractivity (Wildman–Crippen MR) is 124 cm³/mol. The van der Waals surface area contributed by atoms with Gasteiger partial charge in [0, 0.05) is 12.2 Å². The molecule has 0 fully saturated rings. The minimum absolute atomic E-state index is 0.162. The van der Waals surface area contributed by atoms with Crippen LogP contribution in [0.4, 0.5) is 0 Å². The van der Waals surface area contributed by atoms with Gasteiger partial charge >= 0.3 is 11.9 Å². The maximum absolute atomic E-state index is 11.9. The molecule has 3 aromatic carbocycles. The first-order valence-electron chi connectivity index (χ1n) is 10.3. The van der Waals surface area contributed by atoms with Crippen molar-refractivity contribution in [2.75, 3.05) is 6.61 Å². The van der Waals surface area contributed by atoms with E-state index in [0.717, 1.165) is 24.0 Å². The van der Waals surface area contributed by atoms with Crippen LogP contribution in [0.5, 0.6) is 11.5 Å². The smallest absolute Gasteiger partial charge is 0.336 e. The van der Waals surface area contributed by atoms with Crippen LogP contribution in [0.1, 0.15) is 23.1 Å². The van der Waals surface area contributed by atoms with Crippen molar-refractivity contribution in [1.29, 1.82) is 0 Å². The van der Waals surface area contributed by atoms with Gasteiger partial charge in [0.2, 0.25) is 0 Å². The Labute approximate surface area is 187 Å². The van der Waals surface area contributed by atoms with Gasteiger partial charge in [0.25, 0.3) is 0 Å². The van der Waals surface area contributed by atoms with Crippen molar-refractivity contribution in [3.63, 3.8) is 0 Å². The number of hydrogen-bond acceptors (Lipinski definition) is 5. The molecule has 0 radical (unpaired) electrons. The first-order chi connectivity index (χ1) is 15.6. The third-order valence-corrected chi connectivity index (χ3v) is 4.51. The monoisotopic (exact) mass is 428 g/mol. The van der Waals surface area contributed by atoms with Gasteiger partial charge in [0.1, 0.15) is 11.5 Å². The topological polar surface area (TPSA) is 72.8 Å². The Balaban J connectivity index is 1.40. The van der Waals surface area contributed by atoms with Crippen LogP contribution >= 0.6 is 0 Å². The summed E-state index contributed by atoms with van der Waals surface area (Å²) in [4.78, 5) is 23.8. The van der Waals surface area contributed by atoms with Crippen molar-refractivity contribution in [2.24, 2.45) is 0 Å². The quantitative estimate of drug-likeness (QED) is 0.219. The highest BCUT2D eigenvalue weighted by Gasteiger charge is 2.02. The van der Waals surface area contributed by atoms with E-state index in [1.165, 1.54) is 29.8 Å². The van der Waals surface area contributed by atoms with Crippen molar-refractivity contribution in [3.05, 3.63) is 108 Å².